The normalized spacial score (nSPS) is 11.3. The molecule has 2 aromatic rings. The first-order valence-corrected chi connectivity index (χ1v) is 7.84. The molecule has 0 unspecified atom stereocenters. The van der Waals surface area contributed by atoms with Crippen molar-refractivity contribution in [3.05, 3.63) is 47.5 Å². The van der Waals surface area contributed by atoms with Gasteiger partial charge in [0, 0.05) is 6.54 Å². The lowest BCUT2D eigenvalue weighted by molar-refractivity contribution is 0.591. The molecule has 1 aromatic heterocycles. The smallest absolute Gasteiger partial charge is 0.267 e. The Morgan fingerprint density at radius 1 is 1.25 bits per heavy atom. The summed E-state index contributed by atoms with van der Waals surface area (Å²) < 4.78 is 26.5. The van der Waals surface area contributed by atoms with Crippen LogP contribution in [0.2, 0.25) is 5.28 Å². The maximum absolute atomic E-state index is 12.6. The van der Waals surface area contributed by atoms with Gasteiger partial charge in [0.25, 0.3) is 10.0 Å². The minimum atomic E-state index is -3.69. The topological polar surface area (TPSA) is 63.2 Å². The molecule has 0 saturated heterocycles. The SMILES string of the molecule is CCN(c1cccc(C)c1)S(=O)(=O)c1cnc(Cl)nc1. The van der Waals surface area contributed by atoms with E-state index in [1.165, 1.54) is 16.7 Å². The molecule has 106 valence electrons. The first-order chi connectivity index (χ1) is 9.45. The van der Waals surface area contributed by atoms with Crippen molar-refractivity contribution in [3.63, 3.8) is 0 Å². The number of hydrogen-bond acceptors (Lipinski definition) is 4. The number of aromatic nitrogens is 2. The molecular formula is C13H14ClN3O2S. The predicted molar refractivity (Wildman–Crippen MR) is 78.4 cm³/mol. The Bertz CT molecular complexity index is 702. The number of anilines is 1. The zero-order valence-corrected chi connectivity index (χ0v) is 12.7. The second kappa shape index (κ2) is 5.76. The summed E-state index contributed by atoms with van der Waals surface area (Å²) in [6.07, 6.45) is 2.42. The summed E-state index contributed by atoms with van der Waals surface area (Å²) in [7, 11) is -3.69. The van der Waals surface area contributed by atoms with E-state index in [0.29, 0.717) is 12.2 Å². The summed E-state index contributed by atoms with van der Waals surface area (Å²) in [6.45, 7) is 4.00. The first kappa shape index (κ1) is 14.7. The molecule has 0 fully saturated rings. The Morgan fingerprint density at radius 2 is 1.90 bits per heavy atom. The highest BCUT2D eigenvalue weighted by atomic mass is 35.5. The quantitative estimate of drug-likeness (QED) is 0.814. The number of rotatable bonds is 4. The van der Waals surface area contributed by atoms with Crippen molar-refractivity contribution in [2.45, 2.75) is 18.7 Å². The third-order valence-corrected chi connectivity index (χ3v) is 4.81. The molecule has 1 aromatic carbocycles. The van der Waals surface area contributed by atoms with Crippen LogP contribution in [0.5, 0.6) is 0 Å². The molecule has 1 heterocycles. The highest BCUT2D eigenvalue weighted by Gasteiger charge is 2.24. The summed E-state index contributed by atoms with van der Waals surface area (Å²) in [6, 6.07) is 7.30. The molecule has 0 atom stereocenters. The van der Waals surface area contributed by atoms with Gasteiger partial charge in [0.15, 0.2) is 0 Å². The zero-order chi connectivity index (χ0) is 14.8. The van der Waals surface area contributed by atoms with Crippen LogP contribution >= 0.6 is 11.6 Å². The number of hydrogen-bond donors (Lipinski definition) is 0. The molecule has 20 heavy (non-hydrogen) atoms. The van der Waals surface area contributed by atoms with Crippen LogP contribution in [0.4, 0.5) is 5.69 Å². The zero-order valence-electron chi connectivity index (χ0n) is 11.1. The van der Waals surface area contributed by atoms with E-state index in [4.69, 9.17) is 11.6 Å². The van der Waals surface area contributed by atoms with Crippen molar-refractivity contribution < 1.29 is 8.42 Å². The second-order valence-corrected chi connectivity index (χ2v) is 6.40. The van der Waals surface area contributed by atoms with Gasteiger partial charge in [-0.2, -0.15) is 0 Å². The van der Waals surface area contributed by atoms with E-state index in [2.05, 4.69) is 9.97 Å². The van der Waals surface area contributed by atoms with E-state index in [1.807, 2.05) is 25.1 Å². The molecule has 0 saturated carbocycles. The summed E-state index contributed by atoms with van der Waals surface area (Å²) in [5, 5.41) is 0.0163. The monoisotopic (exact) mass is 311 g/mol. The summed E-state index contributed by atoms with van der Waals surface area (Å²) in [5.74, 6) is 0. The van der Waals surface area contributed by atoms with Crippen LogP contribution in [0, 0.1) is 6.92 Å². The number of benzene rings is 1. The Morgan fingerprint density at radius 3 is 2.45 bits per heavy atom. The molecule has 0 aliphatic heterocycles. The number of aryl methyl sites for hydroxylation is 1. The van der Waals surface area contributed by atoms with Crippen LogP contribution in [0.25, 0.3) is 0 Å². The third-order valence-electron chi connectivity index (χ3n) is 2.76. The van der Waals surface area contributed by atoms with Gasteiger partial charge in [-0.05, 0) is 43.1 Å². The van der Waals surface area contributed by atoms with Gasteiger partial charge in [-0.3, -0.25) is 4.31 Å². The fourth-order valence-corrected chi connectivity index (χ4v) is 3.29. The van der Waals surface area contributed by atoms with E-state index in [1.54, 1.807) is 13.0 Å². The predicted octanol–water partition coefficient (Wildman–Crippen LogP) is 2.65. The van der Waals surface area contributed by atoms with Gasteiger partial charge in [-0.15, -0.1) is 0 Å². The molecule has 0 aliphatic rings. The van der Waals surface area contributed by atoms with Crippen molar-refractivity contribution in [1.82, 2.24) is 9.97 Å². The molecule has 7 heteroatoms. The maximum Gasteiger partial charge on any atom is 0.267 e. The van der Waals surface area contributed by atoms with E-state index >= 15 is 0 Å². The number of nitrogens with zero attached hydrogens (tertiary/aromatic N) is 3. The van der Waals surface area contributed by atoms with Crippen molar-refractivity contribution in [2.24, 2.45) is 0 Å². The van der Waals surface area contributed by atoms with Crippen molar-refractivity contribution in [2.75, 3.05) is 10.8 Å². The summed E-state index contributed by atoms with van der Waals surface area (Å²) in [5.41, 5.74) is 1.60. The Labute approximate surface area is 123 Å². The lowest BCUT2D eigenvalue weighted by Gasteiger charge is -2.22. The summed E-state index contributed by atoms with van der Waals surface area (Å²) >= 11 is 5.58. The van der Waals surface area contributed by atoms with E-state index < -0.39 is 10.0 Å². The van der Waals surface area contributed by atoms with Crippen LogP contribution < -0.4 is 4.31 Å². The number of halogens is 1. The summed E-state index contributed by atoms with van der Waals surface area (Å²) in [4.78, 5) is 7.46. The third kappa shape index (κ3) is 2.91. The molecule has 0 N–H and O–H groups in total. The average Bonchev–Trinajstić information content (AvgIpc) is 2.40. The maximum atomic E-state index is 12.6. The molecule has 0 spiro atoms. The number of sulfonamides is 1. The van der Waals surface area contributed by atoms with Gasteiger partial charge in [0.05, 0.1) is 18.1 Å². The molecule has 0 amide bonds. The molecule has 0 bridgehead atoms. The Balaban J connectivity index is 2.47. The standard InChI is InChI=1S/C13H14ClN3O2S/c1-3-17(11-6-4-5-10(2)7-11)20(18,19)12-8-15-13(14)16-9-12/h4-9H,3H2,1-2H3. The van der Waals surface area contributed by atoms with E-state index in [-0.39, 0.29) is 10.2 Å². The largest absolute Gasteiger partial charge is 0.267 e. The Kier molecular flexibility index (Phi) is 4.25. The lowest BCUT2D eigenvalue weighted by Crippen LogP contribution is -2.31. The second-order valence-electron chi connectivity index (χ2n) is 4.20. The average molecular weight is 312 g/mol. The van der Waals surface area contributed by atoms with Gasteiger partial charge in [-0.1, -0.05) is 12.1 Å². The minimum Gasteiger partial charge on any atom is -0.267 e. The molecule has 5 nitrogen and oxygen atoms in total. The van der Waals surface area contributed by atoms with Crippen LogP contribution in [-0.2, 0) is 10.0 Å². The van der Waals surface area contributed by atoms with Crippen LogP contribution in [0.1, 0.15) is 12.5 Å². The van der Waals surface area contributed by atoms with Gasteiger partial charge in [0.2, 0.25) is 5.28 Å². The van der Waals surface area contributed by atoms with Crippen molar-refractivity contribution >= 4 is 27.3 Å². The highest BCUT2D eigenvalue weighted by molar-refractivity contribution is 7.92. The highest BCUT2D eigenvalue weighted by Crippen LogP contribution is 2.23. The van der Waals surface area contributed by atoms with E-state index in [9.17, 15) is 8.42 Å². The van der Waals surface area contributed by atoms with Crippen LogP contribution in [0.15, 0.2) is 41.6 Å². The fraction of sp³-hybridized carbons (Fsp3) is 0.231. The molecule has 0 radical (unpaired) electrons. The van der Waals surface area contributed by atoms with Crippen molar-refractivity contribution in [3.8, 4) is 0 Å². The molecular weight excluding hydrogens is 298 g/mol. The Hall–Kier alpha value is -1.66. The van der Waals surface area contributed by atoms with Crippen LogP contribution in [-0.4, -0.2) is 24.9 Å². The van der Waals surface area contributed by atoms with Crippen LogP contribution in [0.3, 0.4) is 0 Å². The van der Waals surface area contributed by atoms with Gasteiger partial charge < -0.3 is 0 Å². The molecule has 2 rings (SSSR count). The first-order valence-electron chi connectivity index (χ1n) is 6.02. The van der Waals surface area contributed by atoms with Gasteiger partial charge >= 0.3 is 0 Å². The minimum absolute atomic E-state index is 0.0163. The van der Waals surface area contributed by atoms with Gasteiger partial charge in [-0.25, -0.2) is 18.4 Å². The fourth-order valence-electron chi connectivity index (χ4n) is 1.84. The molecule has 0 aliphatic carbocycles. The van der Waals surface area contributed by atoms with E-state index in [0.717, 1.165) is 5.56 Å². The lowest BCUT2D eigenvalue weighted by atomic mass is 10.2. The van der Waals surface area contributed by atoms with Gasteiger partial charge in [0.1, 0.15) is 4.90 Å². The van der Waals surface area contributed by atoms with Crippen molar-refractivity contribution in [1.29, 1.82) is 0 Å².